The minimum absolute atomic E-state index is 0.00429. The molecule has 3 N–H and O–H groups in total. The second kappa shape index (κ2) is 11.5. The third-order valence-corrected chi connectivity index (χ3v) is 8.12. The number of fused-ring (bicyclic) bond motifs is 1. The zero-order valence-corrected chi connectivity index (χ0v) is 22.2. The molecule has 1 saturated carbocycles. The van der Waals surface area contributed by atoms with Gasteiger partial charge in [0.15, 0.2) is 0 Å². The lowest BCUT2D eigenvalue weighted by molar-refractivity contribution is -0.175. The van der Waals surface area contributed by atoms with Gasteiger partial charge in [-0.1, -0.05) is 13.8 Å². The molecule has 2 saturated heterocycles. The lowest BCUT2D eigenvalue weighted by Crippen LogP contribution is -2.57. The number of nitrogens with zero attached hydrogens (tertiary/aromatic N) is 3. The Hall–Kier alpha value is -2.88. The normalized spacial score (nSPS) is 27.2. The summed E-state index contributed by atoms with van der Waals surface area (Å²) < 4.78 is 39.1. The number of nitriles is 1. The Morgan fingerprint density at radius 1 is 1.24 bits per heavy atom. The summed E-state index contributed by atoms with van der Waals surface area (Å²) >= 11 is 0. The Balaban J connectivity index is 1.75. The molecule has 3 fully saturated rings. The summed E-state index contributed by atoms with van der Waals surface area (Å²) in [6, 6.07) is -1.37. The lowest BCUT2D eigenvalue weighted by atomic mass is 9.97. The van der Waals surface area contributed by atoms with E-state index < -0.39 is 47.9 Å². The smallest absolute Gasteiger partial charge is 0.356 e. The molecule has 0 aromatic carbocycles. The van der Waals surface area contributed by atoms with Crippen LogP contribution >= 0.6 is 0 Å². The van der Waals surface area contributed by atoms with Gasteiger partial charge < -0.3 is 25.8 Å². The molecule has 4 amide bonds. The first-order chi connectivity index (χ1) is 17.7. The highest BCUT2D eigenvalue weighted by molar-refractivity contribution is 5.94. The van der Waals surface area contributed by atoms with E-state index in [1.54, 1.807) is 0 Å². The Kier molecular flexibility index (Phi) is 8.96. The van der Waals surface area contributed by atoms with Crippen LogP contribution in [0.2, 0.25) is 0 Å². The summed E-state index contributed by atoms with van der Waals surface area (Å²) in [5.74, 6) is -4.36. The van der Waals surface area contributed by atoms with E-state index in [2.05, 4.69) is 10.6 Å². The number of halogens is 3. The van der Waals surface area contributed by atoms with E-state index in [0.29, 0.717) is 32.4 Å². The van der Waals surface area contributed by atoms with Gasteiger partial charge in [-0.25, -0.2) is 0 Å². The maximum Gasteiger partial charge on any atom is 0.471 e. The first-order valence-corrected chi connectivity index (χ1v) is 13.0. The van der Waals surface area contributed by atoms with Crippen molar-refractivity contribution in [3.8, 4) is 6.07 Å². The molecule has 0 bridgehead atoms. The predicted octanol–water partition coefficient (Wildman–Crippen LogP) is 0.783. The van der Waals surface area contributed by atoms with Crippen LogP contribution in [0.4, 0.5) is 13.2 Å². The molecule has 0 aromatic rings. The third kappa shape index (κ3) is 6.57. The van der Waals surface area contributed by atoms with Gasteiger partial charge >= 0.3 is 12.1 Å². The number of hydrogen-bond acceptors (Lipinski definition) is 6. The van der Waals surface area contributed by atoms with Gasteiger partial charge in [0, 0.05) is 19.0 Å². The number of carbonyl (C=O) groups excluding carboxylic acids is 4. The number of alkyl halides is 3. The summed E-state index contributed by atoms with van der Waals surface area (Å²) in [7, 11) is 3.70. The minimum atomic E-state index is -5.15. The van der Waals surface area contributed by atoms with E-state index in [1.165, 1.54) is 4.90 Å². The van der Waals surface area contributed by atoms with E-state index in [-0.39, 0.29) is 42.5 Å². The Labute approximate surface area is 220 Å². The average Bonchev–Trinajstić information content (AvgIpc) is 3.18. The van der Waals surface area contributed by atoms with Crippen LogP contribution in [0, 0.1) is 34.5 Å². The number of nitrogens with one attached hydrogen (secondary N) is 3. The molecule has 0 spiro atoms. The summed E-state index contributed by atoms with van der Waals surface area (Å²) in [5, 5.41) is 16.8. The fraction of sp³-hybridized carbons (Fsp3) is 0.800. The quantitative estimate of drug-likeness (QED) is 0.331. The van der Waals surface area contributed by atoms with Gasteiger partial charge in [-0.15, -0.1) is 0 Å². The van der Waals surface area contributed by atoms with E-state index in [4.69, 9.17) is 0 Å². The van der Waals surface area contributed by atoms with E-state index in [9.17, 15) is 37.6 Å². The van der Waals surface area contributed by atoms with Crippen LogP contribution in [0.1, 0.15) is 46.0 Å². The number of carbonyl (C=O) groups is 4. The Bertz CT molecular complexity index is 979. The number of rotatable bonds is 11. The van der Waals surface area contributed by atoms with Crippen molar-refractivity contribution in [1.29, 1.82) is 5.26 Å². The van der Waals surface area contributed by atoms with Gasteiger partial charge in [-0.3, -0.25) is 19.2 Å². The zero-order chi connectivity index (χ0) is 28.4. The van der Waals surface area contributed by atoms with Crippen molar-refractivity contribution in [3.63, 3.8) is 0 Å². The first-order valence-electron chi connectivity index (χ1n) is 13.0. The summed E-state index contributed by atoms with van der Waals surface area (Å²) in [6.07, 6.45) is -3.47. The highest BCUT2D eigenvalue weighted by Gasteiger charge is 2.69. The van der Waals surface area contributed by atoms with Crippen LogP contribution in [0.25, 0.3) is 0 Å². The highest BCUT2D eigenvalue weighted by Crippen LogP contribution is 2.65. The molecule has 2 unspecified atom stereocenters. The van der Waals surface area contributed by atoms with Crippen molar-refractivity contribution in [2.75, 3.05) is 33.7 Å². The lowest BCUT2D eigenvalue weighted by Gasteiger charge is -2.33. The van der Waals surface area contributed by atoms with Gasteiger partial charge in [0.1, 0.15) is 18.1 Å². The van der Waals surface area contributed by atoms with Crippen molar-refractivity contribution in [1.82, 2.24) is 25.8 Å². The summed E-state index contributed by atoms with van der Waals surface area (Å²) in [5.41, 5.74) is -0.261. The van der Waals surface area contributed by atoms with Crippen molar-refractivity contribution >= 4 is 23.6 Å². The van der Waals surface area contributed by atoms with Crippen LogP contribution in [-0.2, 0) is 19.2 Å². The molecular formula is C25H37F3N6O4. The van der Waals surface area contributed by atoms with Gasteiger partial charge in [0.2, 0.25) is 17.7 Å². The largest absolute Gasteiger partial charge is 0.471 e. The van der Waals surface area contributed by atoms with Gasteiger partial charge in [-0.05, 0) is 70.0 Å². The zero-order valence-electron chi connectivity index (χ0n) is 22.2. The maximum atomic E-state index is 13.5. The fourth-order valence-corrected chi connectivity index (χ4v) is 5.84. The number of likely N-dealkylation sites (tertiary alicyclic amines) is 1. The minimum Gasteiger partial charge on any atom is -0.356 e. The van der Waals surface area contributed by atoms with Crippen LogP contribution in [0.15, 0.2) is 0 Å². The molecule has 3 aliphatic rings. The number of amides is 4. The van der Waals surface area contributed by atoms with Crippen LogP contribution < -0.4 is 16.0 Å². The topological polar surface area (TPSA) is 135 Å². The van der Waals surface area contributed by atoms with Crippen LogP contribution in [0.3, 0.4) is 0 Å². The predicted molar refractivity (Wildman–Crippen MR) is 130 cm³/mol. The van der Waals surface area contributed by atoms with E-state index in [1.807, 2.05) is 44.2 Å². The number of unbranched alkanes of at least 4 members (excludes halogenated alkanes) is 1. The Morgan fingerprint density at radius 3 is 2.47 bits per heavy atom. The molecule has 3 rings (SSSR count). The molecule has 0 radical (unpaired) electrons. The van der Waals surface area contributed by atoms with Crippen molar-refractivity contribution in [2.24, 2.45) is 23.2 Å². The van der Waals surface area contributed by atoms with Gasteiger partial charge in [0.25, 0.3) is 0 Å². The SMILES string of the molecule is CN(C)CCCCC(NC(=O)C(F)(F)F)C(=O)N1C[C@H]2[C@@H]([C@H]1C(=O)N[C@H](C#N)CC1CCNC1=O)C2(C)C. The standard InChI is InChI=1S/C25H37F3N6O4/c1-24(2)16-13-34(22(37)17(7-5-6-10-33(3)4)32-23(38)25(26,27)28)19(18(16)24)21(36)31-15(12-29)11-14-8-9-30-20(14)35/h14-19H,5-11,13H2,1-4H3,(H,30,35)(H,31,36)(H,32,38)/t14?,15-,16-,17?,18-,19-/m0/s1. The first kappa shape index (κ1) is 29.7. The second-order valence-electron chi connectivity index (χ2n) is 11.4. The molecule has 13 heteroatoms. The van der Waals surface area contributed by atoms with Crippen molar-refractivity contribution < 1.29 is 32.3 Å². The summed E-state index contributed by atoms with van der Waals surface area (Å²) in [4.78, 5) is 53.8. The summed E-state index contributed by atoms with van der Waals surface area (Å²) in [6.45, 7) is 5.25. The molecule has 10 nitrogen and oxygen atoms in total. The molecule has 212 valence electrons. The Morgan fingerprint density at radius 2 is 1.92 bits per heavy atom. The maximum absolute atomic E-state index is 13.5. The molecule has 2 heterocycles. The molecular weight excluding hydrogens is 505 g/mol. The number of hydrogen-bond donors (Lipinski definition) is 3. The van der Waals surface area contributed by atoms with E-state index in [0.717, 1.165) is 0 Å². The molecule has 0 aromatic heterocycles. The van der Waals surface area contributed by atoms with Gasteiger partial charge in [0.05, 0.1) is 6.07 Å². The molecule has 6 atom stereocenters. The number of piperidine rings is 1. The van der Waals surface area contributed by atoms with Crippen LogP contribution in [0.5, 0.6) is 0 Å². The van der Waals surface area contributed by atoms with Crippen molar-refractivity contribution in [2.45, 2.75) is 70.3 Å². The molecule has 38 heavy (non-hydrogen) atoms. The van der Waals surface area contributed by atoms with Crippen molar-refractivity contribution in [3.05, 3.63) is 0 Å². The molecule has 2 aliphatic heterocycles. The van der Waals surface area contributed by atoms with Crippen LogP contribution in [-0.4, -0.2) is 91.5 Å². The monoisotopic (exact) mass is 542 g/mol. The second-order valence-corrected chi connectivity index (χ2v) is 11.4. The fourth-order valence-electron chi connectivity index (χ4n) is 5.84. The highest BCUT2D eigenvalue weighted by atomic mass is 19.4. The van der Waals surface area contributed by atoms with E-state index >= 15 is 0 Å². The van der Waals surface area contributed by atoms with Gasteiger partial charge in [-0.2, -0.15) is 18.4 Å². The third-order valence-electron chi connectivity index (χ3n) is 8.12. The average molecular weight is 543 g/mol. The molecule has 1 aliphatic carbocycles.